The van der Waals surface area contributed by atoms with Crippen LogP contribution in [0.25, 0.3) is 21.6 Å². The van der Waals surface area contributed by atoms with Gasteiger partial charge in [-0.2, -0.15) is 0 Å². The van der Waals surface area contributed by atoms with E-state index >= 15 is 0 Å². The molecule has 0 aliphatic heterocycles. The van der Waals surface area contributed by atoms with Gasteiger partial charge in [0, 0.05) is 33.4 Å². The van der Waals surface area contributed by atoms with E-state index < -0.39 is 9.84 Å². The highest BCUT2D eigenvalue weighted by Crippen LogP contribution is 2.43. The fourth-order valence-electron chi connectivity index (χ4n) is 4.46. The summed E-state index contributed by atoms with van der Waals surface area (Å²) in [5.41, 5.74) is 3.35. The standard InChI is InChI=1S/C32H34FNO4S2/c1-31(2,3)25-16-21(17-26(28(25)35)32(4,5)6)30(36)34-27-18-24(19-10-14-23(15-11-19)40(7,37)38)29(39-27)20-8-12-22(33)13-9-20/h8-18,35H,1-7H3,(H,34,36). The molecule has 4 rings (SSSR count). The highest BCUT2D eigenvalue weighted by atomic mass is 32.2. The minimum absolute atomic E-state index is 0.200. The molecule has 1 aromatic heterocycles. The summed E-state index contributed by atoms with van der Waals surface area (Å²) in [6.45, 7) is 12.0. The van der Waals surface area contributed by atoms with Crippen LogP contribution in [0.1, 0.15) is 63.0 Å². The monoisotopic (exact) mass is 579 g/mol. The molecule has 0 saturated heterocycles. The lowest BCUT2D eigenvalue weighted by Crippen LogP contribution is -2.20. The van der Waals surface area contributed by atoms with E-state index in [0.29, 0.717) is 21.7 Å². The van der Waals surface area contributed by atoms with E-state index in [0.717, 1.165) is 27.8 Å². The summed E-state index contributed by atoms with van der Waals surface area (Å²) in [5.74, 6) is -0.475. The van der Waals surface area contributed by atoms with E-state index in [1.54, 1.807) is 48.5 Å². The molecule has 8 heteroatoms. The first-order valence-electron chi connectivity index (χ1n) is 12.8. The van der Waals surface area contributed by atoms with Gasteiger partial charge in [0.2, 0.25) is 0 Å². The lowest BCUT2D eigenvalue weighted by molar-refractivity contribution is 0.102. The Morgan fingerprint density at radius 2 is 1.32 bits per heavy atom. The molecule has 0 aliphatic carbocycles. The smallest absolute Gasteiger partial charge is 0.256 e. The van der Waals surface area contributed by atoms with Gasteiger partial charge in [0.1, 0.15) is 11.6 Å². The van der Waals surface area contributed by atoms with Crippen molar-refractivity contribution in [3.05, 3.63) is 89.2 Å². The third-order valence-corrected chi connectivity index (χ3v) is 8.88. The van der Waals surface area contributed by atoms with Crippen LogP contribution < -0.4 is 5.32 Å². The number of carbonyl (C=O) groups is 1. The summed E-state index contributed by atoms with van der Waals surface area (Å²) >= 11 is 1.35. The molecule has 210 valence electrons. The fourth-order valence-corrected chi connectivity index (χ4v) is 6.17. The van der Waals surface area contributed by atoms with Crippen LogP contribution in [0.4, 0.5) is 9.39 Å². The number of hydrogen-bond acceptors (Lipinski definition) is 5. The van der Waals surface area contributed by atoms with Gasteiger partial charge in [-0.3, -0.25) is 4.79 Å². The molecule has 0 saturated carbocycles. The lowest BCUT2D eigenvalue weighted by atomic mass is 9.78. The molecule has 3 aromatic carbocycles. The Balaban J connectivity index is 1.79. The fraction of sp³-hybridized carbons (Fsp3) is 0.281. The number of carbonyl (C=O) groups excluding carboxylic acids is 1. The van der Waals surface area contributed by atoms with Crippen LogP contribution in [0.5, 0.6) is 5.75 Å². The van der Waals surface area contributed by atoms with E-state index in [4.69, 9.17) is 0 Å². The average Bonchev–Trinajstić information content (AvgIpc) is 3.26. The lowest BCUT2D eigenvalue weighted by Gasteiger charge is -2.28. The maximum Gasteiger partial charge on any atom is 0.256 e. The second-order valence-corrected chi connectivity index (χ2v) is 15.1. The Morgan fingerprint density at radius 1 is 0.825 bits per heavy atom. The molecule has 2 N–H and O–H groups in total. The number of phenolic OH excluding ortho intramolecular Hbond substituents is 1. The summed E-state index contributed by atoms with van der Waals surface area (Å²) in [6, 6.07) is 18.0. The van der Waals surface area contributed by atoms with Gasteiger partial charge in [0.15, 0.2) is 9.84 Å². The van der Waals surface area contributed by atoms with E-state index in [2.05, 4.69) is 5.32 Å². The molecule has 0 aliphatic rings. The van der Waals surface area contributed by atoms with Gasteiger partial charge >= 0.3 is 0 Å². The predicted octanol–water partition coefficient (Wildman–Crippen LogP) is 8.18. The van der Waals surface area contributed by atoms with Crippen LogP contribution in [0.2, 0.25) is 0 Å². The Bertz CT molecular complexity index is 1640. The van der Waals surface area contributed by atoms with Crippen LogP contribution in [0.15, 0.2) is 71.6 Å². The van der Waals surface area contributed by atoms with Crippen molar-refractivity contribution in [3.63, 3.8) is 0 Å². The minimum Gasteiger partial charge on any atom is -0.507 e. The first-order valence-corrected chi connectivity index (χ1v) is 15.6. The van der Waals surface area contributed by atoms with E-state index in [1.165, 1.54) is 23.5 Å². The van der Waals surface area contributed by atoms with Crippen LogP contribution in [0.3, 0.4) is 0 Å². The topological polar surface area (TPSA) is 83.5 Å². The summed E-state index contributed by atoms with van der Waals surface area (Å²) in [7, 11) is -3.36. The number of amides is 1. The molecule has 0 atom stereocenters. The Morgan fingerprint density at radius 3 is 1.80 bits per heavy atom. The van der Waals surface area contributed by atoms with Crippen molar-refractivity contribution in [1.29, 1.82) is 0 Å². The van der Waals surface area contributed by atoms with Crippen molar-refractivity contribution in [2.75, 3.05) is 11.6 Å². The number of anilines is 1. The first-order chi connectivity index (χ1) is 18.4. The summed E-state index contributed by atoms with van der Waals surface area (Å²) in [6.07, 6.45) is 1.16. The van der Waals surface area contributed by atoms with Gasteiger partial charge in [-0.25, -0.2) is 12.8 Å². The van der Waals surface area contributed by atoms with Crippen LogP contribution in [-0.2, 0) is 20.7 Å². The van der Waals surface area contributed by atoms with E-state index in [-0.39, 0.29) is 33.2 Å². The largest absolute Gasteiger partial charge is 0.507 e. The molecule has 0 bridgehead atoms. The van der Waals surface area contributed by atoms with Crippen molar-refractivity contribution < 1.29 is 22.7 Å². The van der Waals surface area contributed by atoms with Crippen molar-refractivity contribution >= 4 is 32.1 Å². The SMILES string of the molecule is CC(C)(C)c1cc(C(=O)Nc2cc(-c3ccc(S(C)(=O)=O)cc3)c(-c3ccc(F)cc3)s2)cc(C(C)(C)C)c1O. The van der Waals surface area contributed by atoms with Gasteiger partial charge in [0.25, 0.3) is 5.91 Å². The van der Waals surface area contributed by atoms with Crippen molar-refractivity contribution in [2.45, 2.75) is 57.3 Å². The number of rotatable bonds is 5. The molecule has 0 radical (unpaired) electrons. The summed E-state index contributed by atoms with van der Waals surface area (Å²) in [4.78, 5) is 14.6. The molecule has 1 amide bonds. The number of sulfone groups is 1. The third kappa shape index (κ3) is 6.29. The predicted molar refractivity (Wildman–Crippen MR) is 162 cm³/mol. The van der Waals surface area contributed by atoms with Gasteiger partial charge in [-0.05, 0) is 64.4 Å². The first kappa shape index (κ1) is 29.5. The highest BCUT2D eigenvalue weighted by molar-refractivity contribution is 7.90. The van der Waals surface area contributed by atoms with Crippen LogP contribution in [0, 0.1) is 5.82 Å². The number of hydrogen-bond donors (Lipinski definition) is 2. The molecule has 0 spiro atoms. The molecule has 5 nitrogen and oxygen atoms in total. The molecular formula is C32H34FNO4S2. The van der Waals surface area contributed by atoms with E-state index in [1.807, 2.05) is 47.6 Å². The van der Waals surface area contributed by atoms with Gasteiger partial charge < -0.3 is 10.4 Å². The van der Waals surface area contributed by atoms with Gasteiger partial charge in [-0.1, -0.05) is 65.8 Å². The summed E-state index contributed by atoms with van der Waals surface area (Å²) in [5, 5.41) is 14.6. The van der Waals surface area contributed by atoms with Crippen molar-refractivity contribution in [2.24, 2.45) is 0 Å². The molecule has 0 unspecified atom stereocenters. The Kier molecular flexibility index (Phi) is 7.73. The molecular weight excluding hydrogens is 545 g/mol. The molecule has 4 aromatic rings. The maximum absolute atomic E-state index is 13.7. The van der Waals surface area contributed by atoms with Crippen molar-refractivity contribution in [3.8, 4) is 27.3 Å². The number of halogens is 1. The number of nitrogens with one attached hydrogen (secondary N) is 1. The number of benzene rings is 3. The van der Waals surface area contributed by atoms with Gasteiger partial charge in [-0.15, -0.1) is 11.3 Å². The number of aromatic hydroxyl groups is 1. The second kappa shape index (κ2) is 10.5. The average molecular weight is 580 g/mol. The van der Waals surface area contributed by atoms with Crippen LogP contribution in [-0.4, -0.2) is 25.7 Å². The maximum atomic E-state index is 13.7. The van der Waals surface area contributed by atoms with Crippen molar-refractivity contribution in [1.82, 2.24) is 0 Å². The Hall–Kier alpha value is -3.49. The minimum atomic E-state index is -3.36. The zero-order valence-electron chi connectivity index (χ0n) is 23.7. The second-order valence-electron chi connectivity index (χ2n) is 12.0. The molecule has 40 heavy (non-hydrogen) atoms. The Labute approximate surface area is 239 Å². The molecule has 1 heterocycles. The van der Waals surface area contributed by atoms with Crippen LogP contribution >= 0.6 is 11.3 Å². The normalized spacial score (nSPS) is 12.4. The zero-order chi connectivity index (χ0) is 29.6. The van der Waals surface area contributed by atoms with E-state index in [9.17, 15) is 22.7 Å². The summed E-state index contributed by atoms with van der Waals surface area (Å²) < 4.78 is 37.6. The molecule has 0 fully saturated rings. The highest BCUT2D eigenvalue weighted by Gasteiger charge is 2.28. The number of phenols is 1. The number of thiophene rings is 1. The quantitative estimate of drug-likeness (QED) is 0.250. The zero-order valence-corrected chi connectivity index (χ0v) is 25.4. The van der Waals surface area contributed by atoms with Gasteiger partial charge in [0.05, 0.1) is 9.90 Å². The third-order valence-electron chi connectivity index (χ3n) is 6.66.